The summed E-state index contributed by atoms with van der Waals surface area (Å²) in [6.07, 6.45) is 0. The van der Waals surface area contributed by atoms with Gasteiger partial charge in [-0.1, -0.05) is 46.3 Å². The summed E-state index contributed by atoms with van der Waals surface area (Å²) in [5.74, 6) is -0.916. The zero-order chi connectivity index (χ0) is 13.7. The molecule has 0 amide bonds. The number of carboxylic acids is 1. The summed E-state index contributed by atoms with van der Waals surface area (Å²) >= 11 is 3.46. The molecule has 0 bridgehead atoms. The van der Waals surface area contributed by atoms with Gasteiger partial charge in [-0.05, 0) is 29.3 Å². The fraction of sp³-hybridized carbons (Fsp3) is 0.133. The summed E-state index contributed by atoms with van der Waals surface area (Å²) in [6, 6.07) is 14.6. The maximum atomic E-state index is 10.7. The molecule has 2 rings (SSSR count). The Bertz CT molecular complexity index is 564. The molecule has 0 atom stereocenters. The van der Waals surface area contributed by atoms with Crippen LogP contribution in [0.25, 0.3) is 0 Å². The van der Waals surface area contributed by atoms with Crippen molar-refractivity contribution in [3.63, 3.8) is 0 Å². The first kappa shape index (κ1) is 13.8. The zero-order valence-corrected chi connectivity index (χ0v) is 11.8. The van der Waals surface area contributed by atoms with Crippen LogP contribution in [-0.2, 0) is 18.0 Å². The van der Waals surface area contributed by atoms with E-state index in [0.717, 1.165) is 15.6 Å². The Hall–Kier alpha value is -1.65. The van der Waals surface area contributed by atoms with E-state index in [-0.39, 0.29) is 5.56 Å². The predicted molar refractivity (Wildman–Crippen MR) is 76.0 cm³/mol. The van der Waals surface area contributed by atoms with Gasteiger partial charge in [-0.3, -0.25) is 0 Å². The summed E-state index contributed by atoms with van der Waals surface area (Å²) < 4.78 is 6.63. The van der Waals surface area contributed by atoms with E-state index in [9.17, 15) is 4.79 Å². The van der Waals surface area contributed by atoms with Gasteiger partial charge in [-0.2, -0.15) is 0 Å². The molecule has 0 unspecified atom stereocenters. The smallest absolute Gasteiger partial charge is 0.335 e. The first-order valence-electron chi connectivity index (χ1n) is 5.80. The van der Waals surface area contributed by atoms with Crippen molar-refractivity contribution in [3.8, 4) is 0 Å². The average Bonchev–Trinajstić information content (AvgIpc) is 2.41. The maximum Gasteiger partial charge on any atom is 0.335 e. The highest BCUT2D eigenvalue weighted by molar-refractivity contribution is 9.10. The second-order valence-electron chi connectivity index (χ2n) is 4.09. The molecule has 0 aliphatic rings. The van der Waals surface area contributed by atoms with Crippen molar-refractivity contribution in [1.82, 2.24) is 0 Å². The number of halogens is 1. The molecule has 2 aromatic carbocycles. The van der Waals surface area contributed by atoms with Gasteiger partial charge in [0, 0.05) is 4.47 Å². The molecule has 4 heteroatoms. The van der Waals surface area contributed by atoms with Gasteiger partial charge in [0.1, 0.15) is 0 Å². The molecule has 0 saturated carbocycles. The summed E-state index contributed by atoms with van der Waals surface area (Å²) in [5.41, 5.74) is 2.33. The highest BCUT2D eigenvalue weighted by atomic mass is 79.9. The first-order valence-corrected chi connectivity index (χ1v) is 6.59. The van der Waals surface area contributed by atoms with Crippen molar-refractivity contribution in [2.75, 3.05) is 0 Å². The Morgan fingerprint density at radius 2 is 1.74 bits per heavy atom. The summed E-state index contributed by atoms with van der Waals surface area (Å²) in [4.78, 5) is 10.7. The molecule has 0 aliphatic heterocycles. The Balaban J connectivity index is 1.89. The maximum absolute atomic E-state index is 10.7. The highest BCUT2D eigenvalue weighted by Gasteiger charge is 2.02. The highest BCUT2D eigenvalue weighted by Crippen LogP contribution is 2.17. The standard InChI is InChI=1S/C15H13BrO3/c16-14-4-2-1-3-13(14)10-19-9-11-5-7-12(8-6-11)15(17)18/h1-8H,9-10H2,(H,17,18). The van der Waals surface area contributed by atoms with Crippen LogP contribution >= 0.6 is 15.9 Å². The number of rotatable bonds is 5. The van der Waals surface area contributed by atoms with Crippen molar-refractivity contribution in [2.24, 2.45) is 0 Å². The monoisotopic (exact) mass is 320 g/mol. The van der Waals surface area contributed by atoms with Gasteiger partial charge in [0.05, 0.1) is 18.8 Å². The zero-order valence-electron chi connectivity index (χ0n) is 10.2. The number of carbonyl (C=O) groups is 1. The van der Waals surface area contributed by atoms with E-state index in [0.29, 0.717) is 13.2 Å². The SMILES string of the molecule is O=C(O)c1ccc(COCc2ccccc2Br)cc1. The molecular weight excluding hydrogens is 308 g/mol. The number of benzene rings is 2. The largest absolute Gasteiger partial charge is 0.478 e. The van der Waals surface area contributed by atoms with Crippen molar-refractivity contribution in [3.05, 3.63) is 69.7 Å². The summed E-state index contributed by atoms with van der Waals surface area (Å²) in [7, 11) is 0. The minimum Gasteiger partial charge on any atom is -0.478 e. The molecule has 0 radical (unpaired) electrons. The second-order valence-corrected chi connectivity index (χ2v) is 4.94. The lowest BCUT2D eigenvalue weighted by molar-refractivity contribution is 0.0696. The number of ether oxygens (including phenoxy) is 1. The van der Waals surface area contributed by atoms with E-state index in [1.54, 1.807) is 24.3 Å². The van der Waals surface area contributed by atoms with Gasteiger partial charge in [-0.15, -0.1) is 0 Å². The van der Waals surface area contributed by atoms with Crippen LogP contribution in [0.1, 0.15) is 21.5 Å². The summed E-state index contributed by atoms with van der Waals surface area (Å²) in [5, 5.41) is 8.79. The lowest BCUT2D eigenvalue weighted by Crippen LogP contribution is -1.98. The minimum atomic E-state index is -0.916. The molecule has 0 aromatic heterocycles. The molecule has 0 fully saturated rings. The van der Waals surface area contributed by atoms with Gasteiger partial charge < -0.3 is 9.84 Å². The van der Waals surface area contributed by atoms with Crippen molar-refractivity contribution in [1.29, 1.82) is 0 Å². The number of aromatic carboxylic acids is 1. The minimum absolute atomic E-state index is 0.287. The molecule has 98 valence electrons. The number of hydrogen-bond acceptors (Lipinski definition) is 2. The molecule has 3 nitrogen and oxygen atoms in total. The van der Waals surface area contributed by atoms with Gasteiger partial charge in [0.25, 0.3) is 0 Å². The molecule has 0 saturated heterocycles. The lowest BCUT2D eigenvalue weighted by atomic mass is 10.1. The fourth-order valence-electron chi connectivity index (χ4n) is 1.64. The lowest BCUT2D eigenvalue weighted by Gasteiger charge is -2.06. The van der Waals surface area contributed by atoms with E-state index in [1.165, 1.54) is 0 Å². The van der Waals surface area contributed by atoms with Gasteiger partial charge in [0.2, 0.25) is 0 Å². The average molecular weight is 321 g/mol. The van der Waals surface area contributed by atoms with Crippen LogP contribution in [0.2, 0.25) is 0 Å². The van der Waals surface area contributed by atoms with E-state index < -0.39 is 5.97 Å². The van der Waals surface area contributed by atoms with Crippen molar-refractivity contribution < 1.29 is 14.6 Å². The molecular formula is C15H13BrO3. The molecule has 0 aliphatic carbocycles. The predicted octanol–water partition coefficient (Wildman–Crippen LogP) is 3.86. The van der Waals surface area contributed by atoms with Gasteiger partial charge in [-0.25, -0.2) is 4.79 Å². The first-order chi connectivity index (χ1) is 9.16. The van der Waals surface area contributed by atoms with Crippen molar-refractivity contribution in [2.45, 2.75) is 13.2 Å². The van der Waals surface area contributed by atoms with Crippen molar-refractivity contribution >= 4 is 21.9 Å². The van der Waals surface area contributed by atoms with Crippen LogP contribution in [-0.4, -0.2) is 11.1 Å². The van der Waals surface area contributed by atoms with E-state index >= 15 is 0 Å². The number of hydrogen-bond donors (Lipinski definition) is 1. The Morgan fingerprint density at radius 1 is 1.05 bits per heavy atom. The van der Waals surface area contributed by atoms with E-state index in [1.807, 2.05) is 24.3 Å². The third-order valence-corrected chi connectivity index (χ3v) is 3.46. The Morgan fingerprint density at radius 3 is 2.37 bits per heavy atom. The quantitative estimate of drug-likeness (QED) is 0.909. The second kappa shape index (κ2) is 6.50. The van der Waals surface area contributed by atoms with E-state index in [2.05, 4.69) is 15.9 Å². The normalized spacial score (nSPS) is 10.4. The third kappa shape index (κ3) is 3.91. The molecule has 0 spiro atoms. The van der Waals surface area contributed by atoms with Crippen LogP contribution < -0.4 is 0 Å². The van der Waals surface area contributed by atoms with Crippen LogP contribution in [0.4, 0.5) is 0 Å². The van der Waals surface area contributed by atoms with Gasteiger partial charge >= 0.3 is 5.97 Å². The molecule has 0 heterocycles. The molecule has 19 heavy (non-hydrogen) atoms. The van der Waals surface area contributed by atoms with Crippen LogP contribution in [0.15, 0.2) is 53.0 Å². The molecule has 1 N–H and O–H groups in total. The van der Waals surface area contributed by atoms with Crippen LogP contribution in [0, 0.1) is 0 Å². The Labute approximate surface area is 120 Å². The van der Waals surface area contributed by atoms with E-state index in [4.69, 9.17) is 9.84 Å². The van der Waals surface area contributed by atoms with Crippen LogP contribution in [0.5, 0.6) is 0 Å². The molecule has 2 aromatic rings. The summed E-state index contributed by atoms with van der Waals surface area (Å²) in [6.45, 7) is 0.976. The van der Waals surface area contributed by atoms with Crippen LogP contribution in [0.3, 0.4) is 0 Å². The fourth-order valence-corrected chi connectivity index (χ4v) is 2.04. The topological polar surface area (TPSA) is 46.5 Å². The van der Waals surface area contributed by atoms with Gasteiger partial charge in [0.15, 0.2) is 0 Å². The third-order valence-electron chi connectivity index (χ3n) is 2.69. The Kier molecular flexibility index (Phi) is 4.71. The number of carboxylic acid groups (broad SMARTS) is 1.